The minimum Gasteiger partial charge on any atom is -0.377 e. The van der Waals surface area contributed by atoms with Gasteiger partial charge in [0.05, 0.1) is 27.8 Å². The van der Waals surface area contributed by atoms with Crippen LogP contribution in [-0.4, -0.2) is 4.92 Å². The molecule has 5 heteroatoms. The molecule has 0 aliphatic carbocycles. The van der Waals surface area contributed by atoms with E-state index in [0.29, 0.717) is 16.8 Å². The van der Waals surface area contributed by atoms with Crippen LogP contribution in [0.2, 0.25) is 0 Å². The zero-order valence-electron chi connectivity index (χ0n) is 10.9. The maximum absolute atomic E-state index is 11.0. The lowest BCUT2D eigenvalue weighted by Gasteiger charge is -2.16. The lowest BCUT2D eigenvalue weighted by molar-refractivity contribution is -0.385. The third-order valence-corrected chi connectivity index (χ3v) is 3.02. The van der Waals surface area contributed by atoms with Crippen molar-refractivity contribution >= 4 is 11.4 Å². The van der Waals surface area contributed by atoms with Gasteiger partial charge in [0.25, 0.3) is 5.69 Å². The van der Waals surface area contributed by atoms with Gasteiger partial charge in [-0.2, -0.15) is 5.26 Å². The molecule has 2 aromatic rings. The van der Waals surface area contributed by atoms with Crippen molar-refractivity contribution in [3.05, 3.63) is 69.8 Å². The molecule has 0 saturated carbocycles. The number of hydrogen-bond donors (Lipinski definition) is 1. The molecule has 0 spiro atoms. The van der Waals surface area contributed by atoms with Crippen molar-refractivity contribution in [1.29, 1.82) is 5.26 Å². The molecule has 2 rings (SSSR count). The summed E-state index contributed by atoms with van der Waals surface area (Å²) >= 11 is 0. The Balaban J connectivity index is 2.32. The molecule has 100 valence electrons. The average Bonchev–Trinajstić information content (AvgIpc) is 2.47. The molecular weight excluding hydrogens is 254 g/mol. The topological polar surface area (TPSA) is 79.0 Å². The van der Waals surface area contributed by atoms with Gasteiger partial charge in [0.1, 0.15) is 6.07 Å². The van der Waals surface area contributed by atoms with Gasteiger partial charge < -0.3 is 5.32 Å². The zero-order chi connectivity index (χ0) is 14.5. The van der Waals surface area contributed by atoms with E-state index in [-0.39, 0.29) is 11.7 Å². The molecule has 1 atom stereocenters. The van der Waals surface area contributed by atoms with Crippen LogP contribution in [0.1, 0.15) is 24.1 Å². The summed E-state index contributed by atoms with van der Waals surface area (Å²) < 4.78 is 0. The first-order valence-corrected chi connectivity index (χ1v) is 6.12. The Morgan fingerprint density at radius 2 is 1.85 bits per heavy atom. The summed E-state index contributed by atoms with van der Waals surface area (Å²) in [5.74, 6) is 0. The second-order valence-electron chi connectivity index (χ2n) is 4.34. The largest absolute Gasteiger partial charge is 0.377 e. The standard InChI is InChI=1S/C15H13N3O2/c1-11(13-7-3-5-9-15(13)18(19)20)17-14-8-4-2-6-12(14)10-16/h2-9,11,17H,1H3. The van der Waals surface area contributed by atoms with E-state index in [0.717, 1.165) is 0 Å². The van der Waals surface area contributed by atoms with Gasteiger partial charge in [-0.25, -0.2) is 0 Å². The average molecular weight is 267 g/mol. The first-order chi connectivity index (χ1) is 9.63. The number of rotatable bonds is 4. The molecule has 0 radical (unpaired) electrons. The van der Waals surface area contributed by atoms with E-state index in [1.54, 1.807) is 36.4 Å². The van der Waals surface area contributed by atoms with Crippen molar-refractivity contribution in [1.82, 2.24) is 0 Å². The molecule has 0 heterocycles. The van der Waals surface area contributed by atoms with E-state index in [9.17, 15) is 10.1 Å². The fraction of sp³-hybridized carbons (Fsp3) is 0.133. The van der Waals surface area contributed by atoms with E-state index in [4.69, 9.17) is 5.26 Å². The Labute approximate surface area is 116 Å². The third kappa shape index (κ3) is 2.75. The molecule has 5 nitrogen and oxygen atoms in total. The van der Waals surface area contributed by atoms with Gasteiger partial charge in [-0.05, 0) is 19.1 Å². The van der Waals surface area contributed by atoms with E-state index in [1.807, 2.05) is 13.0 Å². The summed E-state index contributed by atoms with van der Waals surface area (Å²) in [6.45, 7) is 1.83. The van der Waals surface area contributed by atoms with Gasteiger partial charge in [0, 0.05) is 6.07 Å². The van der Waals surface area contributed by atoms with Crippen LogP contribution < -0.4 is 5.32 Å². The number of nitro benzene ring substituents is 1. The molecule has 0 amide bonds. The molecule has 2 aromatic carbocycles. The van der Waals surface area contributed by atoms with E-state index >= 15 is 0 Å². The quantitative estimate of drug-likeness (QED) is 0.677. The van der Waals surface area contributed by atoms with E-state index < -0.39 is 4.92 Å². The summed E-state index contributed by atoms with van der Waals surface area (Å²) in [5.41, 5.74) is 1.84. The molecule has 0 aliphatic heterocycles. The van der Waals surface area contributed by atoms with Gasteiger partial charge >= 0.3 is 0 Å². The minimum atomic E-state index is -0.399. The molecule has 0 saturated heterocycles. The van der Waals surface area contributed by atoms with Crippen molar-refractivity contribution in [3.8, 4) is 6.07 Å². The summed E-state index contributed by atoms with van der Waals surface area (Å²) in [7, 11) is 0. The van der Waals surface area contributed by atoms with Crippen molar-refractivity contribution in [2.75, 3.05) is 5.32 Å². The molecule has 1 unspecified atom stereocenters. The summed E-state index contributed by atoms with van der Waals surface area (Å²) in [6, 6.07) is 15.5. The van der Waals surface area contributed by atoms with Crippen LogP contribution in [0.4, 0.5) is 11.4 Å². The van der Waals surface area contributed by atoms with Crippen LogP contribution in [-0.2, 0) is 0 Å². The third-order valence-electron chi connectivity index (χ3n) is 3.02. The number of anilines is 1. The highest BCUT2D eigenvalue weighted by Crippen LogP contribution is 2.28. The van der Waals surface area contributed by atoms with Crippen molar-refractivity contribution < 1.29 is 4.92 Å². The zero-order valence-corrected chi connectivity index (χ0v) is 10.9. The number of hydrogen-bond acceptors (Lipinski definition) is 4. The normalized spacial score (nSPS) is 11.4. The molecule has 20 heavy (non-hydrogen) atoms. The predicted molar refractivity (Wildman–Crippen MR) is 76.3 cm³/mol. The number of nitro groups is 1. The first-order valence-electron chi connectivity index (χ1n) is 6.12. The van der Waals surface area contributed by atoms with Gasteiger partial charge in [0.2, 0.25) is 0 Å². The maximum Gasteiger partial charge on any atom is 0.274 e. The predicted octanol–water partition coefficient (Wildman–Crippen LogP) is 3.64. The summed E-state index contributed by atoms with van der Waals surface area (Å²) in [4.78, 5) is 10.6. The second-order valence-corrected chi connectivity index (χ2v) is 4.34. The number of benzene rings is 2. The first kappa shape index (κ1) is 13.6. The molecule has 0 aromatic heterocycles. The lowest BCUT2D eigenvalue weighted by Crippen LogP contribution is -2.09. The molecular formula is C15H13N3O2. The molecule has 0 aliphatic rings. The van der Waals surface area contributed by atoms with Crippen LogP contribution >= 0.6 is 0 Å². The van der Waals surface area contributed by atoms with Crippen LogP contribution in [0, 0.1) is 21.4 Å². The van der Waals surface area contributed by atoms with Crippen LogP contribution in [0.15, 0.2) is 48.5 Å². The van der Waals surface area contributed by atoms with Crippen molar-refractivity contribution in [3.63, 3.8) is 0 Å². The van der Waals surface area contributed by atoms with E-state index in [1.165, 1.54) is 6.07 Å². The lowest BCUT2D eigenvalue weighted by atomic mass is 10.1. The van der Waals surface area contributed by atoms with Crippen LogP contribution in [0.25, 0.3) is 0 Å². The number of para-hydroxylation sites is 2. The number of nitriles is 1. The van der Waals surface area contributed by atoms with Crippen molar-refractivity contribution in [2.45, 2.75) is 13.0 Å². The molecule has 0 bridgehead atoms. The monoisotopic (exact) mass is 267 g/mol. The number of nitrogens with one attached hydrogen (secondary N) is 1. The molecule has 0 fully saturated rings. The van der Waals surface area contributed by atoms with Gasteiger partial charge in [-0.1, -0.05) is 30.3 Å². The SMILES string of the molecule is CC(Nc1ccccc1C#N)c1ccccc1[N+](=O)[O-]. The van der Waals surface area contributed by atoms with Gasteiger partial charge in [-0.3, -0.25) is 10.1 Å². The smallest absolute Gasteiger partial charge is 0.274 e. The fourth-order valence-electron chi connectivity index (χ4n) is 2.04. The maximum atomic E-state index is 11.0. The molecule has 1 N–H and O–H groups in total. The fourth-order valence-corrected chi connectivity index (χ4v) is 2.04. The highest BCUT2D eigenvalue weighted by molar-refractivity contribution is 5.59. The van der Waals surface area contributed by atoms with Crippen LogP contribution in [0.5, 0.6) is 0 Å². The Morgan fingerprint density at radius 3 is 2.55 bits per heavy atom. The van der Waals surface area contributed by atoms with Gasteiger partial charge in [-0.15, -0.1) is 0 Å². The summed E-state index contributed by atoms with van der Waals surface area (Å²) in [5, 5.41) is 23.2. The highest BCUT2D eigenvalue weighted by Gasteiger charge is 2.18. The second kappa shape index (κ2) is 5.85. The Hall–Kier alpha value is -2.87. The van der Waals surface area contributed by atoms with Crippen LogP contribution in [0.3, 0.4) is 0 Å². The van der Waals surface area contributed by atoms with E-state index in [2.05, 4.69) is 11.4 Å². The number of nitrogens with zero attached hydrogens (tertiary/aromatic N) is 2. The highest BCUT2D eigenvalue weighted by atomic mass is 16.6. The Morgan fingerprint density at radius 1 is 1.20 bits per heavy atom. The summed E-state index contributed by atoms with van der Waals surface area (Å²) in [6.07, 6.45) is 0. The Kier molecular flexibility index (Phi) is 3.96. The van der Waals surface area contributed by atoms with Gasteiger partial charge in [0.15, 0.2) is 0 Å². The minimum absolute atomic E-state index is 0.0712. The Bertz CT molecular complexity index is 677. The van der Waals surface area contributed by atoms with Crippen molar-refractivity contribution in [2.24, 2.45) is 0 Å².